The molecule has 0 aliphatic rings. The van der Waals surface area contributed by atoms with Crippen molar-refractivity contribution in [3.8, 4) is 0 Å². The number of amides is 1. The van der Waals surface area contributed by atoms with Gasteiger partial charge in [0, 0.05) is 19.7 Å². The van der Waals surface area contributed by atoms with E-state index < -0.39 is 11.8 Å². The van der Waals surface area contributed by atoms with Crippen LogP contribution in [0.25, 0.3) is 6.08 Å². The minimum Gasteiger partial charge on any atom is -0.478 e. The molecule has 0 aliphatic carbocycles. The van der Waals surface area contributed by atoms with Gasteiger partial charge in [-0.1, -0.05) is 13.0 Å². The number of rotatable bonds is 5. The molecule has 0 spiro atoms. The first kappa shape index (κ1) is 14.9. The summed E-state index contributed by atoms with van der Waals surface area (Å²) in [5.74, 6) is -2.14. The second-order valence-corrected chi connectivity index (χ2v) is 4.14. The molecule has 0 atom stereocenters. The number of nitrogens with zero attached hydrogens (tertiary/aromatic N) is 1. The van der Waals surface area contributed by atoms with Crippen LogP contribution in [0.4, 0.5) is 4.39 Å². The van der Waals surface area contributed by atoms with Crippen LogP contribution in [-0.2, 0) is 4.79 Å². The Bertz CT molecular complexity index is 511. The quantitative estimate of drug-likeness (QED) is 0.832. The van der Waals surface area contributed by atoms with Gasteiger partial charge in [0.25, 0.3) is 5.91 Å². The third-order valence-corrected chi connectivity index (χ3v) is 2.55. The first-order valence-electron chi connectivity index (χ1n) is 5.91. The SMILES string of the molecule is CCCN(C)C(=O)c1ccc(C=CC(=O)O)cc1F. The minimum atomic E-state index is -1.11. The van der Waals surface area contributed by atoms with Gasteiger partial charge in [-0.3, -0.25) is 4.79 Å². The van der Waals surface area contributed by atoms with Crippen LogP contribution < -0.4 is 0 Å². The van der Waals surface area contributed by atoms with Crippen LogP contribution in [0.5, 0.6) is 0 Å². The van der Waals surface area contributed by atoms with Gasteiger partial charge in [-0.15, -0.1) is 0 Å². The standard InChI is InChI=1S/C14H16FNO3/c1-3-8-16(2)14(19)11-6-4-10(9-12(11)15)5-7-13(17)18/h4-7,9H,3,8H2,1-2H3,(H,17,18). The Morgan fingerprint density at radius 3 is 2.63 bits per heavy atom. The van der Waals surface area contributed by atoms with Gasteiger partial charge in [0.05, 0.1) is 5.56 Å². The van der Waals surface area contributed by atoms with E-state index in [0.717, 1.165) is 18.6 Å². The van der Waals surface area contributed by atoms with Crippen LogP contribution in [0.2, 0.25) is 0 Å². The van der Waals surface area contributed by atoms with Crippen molar-refractivity contribution < 1.29 is 19.1 Å². The van der Waals surface area contributed by atoms with Crippen LogP contribution in [-0.4, -0.2) is 35.5 Å². The van der Waals surface area contributed by atoms with E-state index in [1.165, 1.54) is 23.1 Å². The Labute approximate surface area is 111 Å². The summed E-state index contributed by atoms with van der Waals surface area (Å²) in [5.41, 5.74) is 0.387. The number of hydrogen-bond donors (Lipinski definition) is 1. The van der Waals surface area contributed by atoms with Crippen LogP contribution in [0.3, 0.4) is 0 Å². The summed E-state index contributed by atoms with van der Waals surface area (Å²) >= 11 is 0. The van der Waals surface area contributed by atoms with Crippen molar-refractivity contribution >= 4 is 18.0 Å². The fourth-order valence-corrected chi connectivity index (χ4v) is 1.62. The molecule has 1 aromatic carbocycles. The summed E-state index contributed by atoms with van der Waals surface area (Å²) in [6.07, 6.45) is 2.98. The van der Waals surface area contributed by atoms with E-state index in [4.69, 9.17) is 5.11 Å². The van der Waals surface area contributed by atoms with Crippen molar-refractivity contribution in [1.82, 2.24) is 4.90 Å². The zero-order valence-electron chi connectivity index (χ0n) is 10.9. The number of carboxylic acids is 1. The van der Waals surface area contributed by atoms with Crippen molar-refractivity contribution in [2.45, 2.75) is 13.3 Å². The number of carbonyl (C=O) groups is 2. The summed E-state index contributed by atoms with van der Waals surface area (Å²) in [6.45, 7) is 2.48. The van der Waals surface area contributed by atoms with E-state index in [0.29, 0.717) is 12.1 Å². The Hall–Kier alpha value is -2.17. The fourth-order valence-electron chi connectivity index (χ4n) is 1.62. The third kappa shape index (κ3) is 4.21. The van der Waals surface area contributed by atoms with Crippen LogP contribution in [0, 0.1) is 5.82 Å². The summed E-state index contributed by atoms with van der Waals surface area (Å²) < 4.78 is 13.8. The van der Waals surface area contributed by atoms with E-state index in [1.807, 2.05) is 6.92 Å². The first-order chi connectivity index (χ1) is 8.95. The highest BCUT2D eigenvalue weighted by atomic mass is 19.1. The number of aliphatic carboxylic acids is 1. The van der Waals surface area contributed by atoms with E-state index >= 15 is 0 Å². The lowest BCUT2D eigenvalue weighted by molar-refractivity contribution is -0.131. The Morgan fingerprint density at radius 1 is 1.42 bits per heavy atom. The van der Waals surface area contributed by atoms with Crippen molar-refractivity contribution in [2.75, 3.05) is 13.6 Å². The van der Waals surface area contributed by atoms with Crippen LogP contribution >= 0.6 is 0 Å². The normalized spacial score (nSPS) is 10.7. The van der Waals surface area contributed by atoms with Gasteiger partial charge in [0.1, 0.15) is 5.82 Å². The molecular weight excluding hydrogens is 249 g/mol. The molecule has 0 saturated heterocycles. The lowest BCUT2D eigenvalue weighted by Crippen LogP contribution is -2.28. The maximum absolute atomic E-state index is 13.8. The van der Waals surface area contributed by atoms with E-state index in [2.05, 4.69) is 0 Å². The van der Waals surface area contributed by atoms with Crippen LogP contribution in [0.1, 0.15) is 29.3 Å². The molecule has 0 bridgehead atoms. The molecule has 0 radical (unpaired) electrons. The Morgan fingerprint density at radius 2 is 2.11 bits per heavy atom. The number of hydrogen-bond acceptors (Lipinski definition) is 2. The van der Waals surface area contributed by atoms with Crippen molar-refractivity contribution in [3.05, 3.63) is 41.2 Å². The Balaban J connectivity index is 2.94. The molecule has 0 fully saturated rings. The first-order valence-corrected chi connectivity index (χ1v) is 5.91. The predicted molar refractivity (Wildman–Crippen MR) is 70.3 cm³/mol. The van der Waals surface area contributed by atoms with Gasteiger partial charge in [0.2, 0.25) is 0 Å². The molecule has 0 saturated carbocycles. The van der Waals surface area contributed by atoms with E-state index in [9.17, 15) is 14.0 Å². The van der Waals surface area contributed by atoms with E-state index in [1.54, 1.807) is 7.05 Å². The highest BCUT2D eigenvalue weighted by Crippen LogP contribution is 2.14. The molecule has 102 valence electrons. The van der Waals surface area contributed by atoms with Crippen molar-refractivity contribution in [3.63, 3.8) is 0 Å². The summed E-state index contributed by atoms with van der Waals surface area (Å²) in [4.78, 5) is 23.7. The molecule has 0 heterocycles. The predicted octanol–water partition coefficient (Wildman–Crippen LogP) is 2.41. The number of halogens is 1. The fraction of sp³-hybridized carbons (Fsp3) is 0.286. The lowest BCUT2D eigenvalue weighted by atomic mass is 10.1. The average Bonchev–Trinajstić information content (AvgIpc) is 2.36. The maximum atomic E-state index is 13.8. The average molecular weight is 265 g/mol. The van der Waals surface area contributed by atoms with Crippen molar-refractivity contribution in [1.29, 1.82) is 0 Å². The molecule has 0 unspecified atom stereocenters. The summed E-state index contributed by atoms with van der Waals surface area (Å²) in [5, 5.41) is 8.48. The maximum Gasteiger partial charge on any atom is 0.328 e. The molecule has 1 rings (SSSR count). The van der Waals surface area contributed by atoms with Gasteiger partial charge in [-0.2, -0.15) is 0 Å². The second-order valence-electron chi connectivity index (χ2n) is 4.14. The minimum absolute atomic E-state index is 0.0107. The monoisotopic (exact) mass is 265 g/mol. The largest absolute Gasteiger partial charge is 0.478 e. The number of carbonyl (C=O) groups excluding carboxylic acids is 1. The summed E-state index contributed by atoms with van der Waals surface area (Å²) in [6, 6.07) is 4.02. The van der Waals surface area contributed by atoms with Gasteiger partial charge in [-0.05, 0) is 30.2 Å². The third-order valence-electron chi connectivity index (χ3n) is 2.55. The van der Waals surface area contributed by atoms with Crippen LogP contribution in [0.15, 0.2) is 24.3 Å². The molecule has 0 aromatic heterocycles. The van der Waals surface area contributed by atoms with Gasteiger partial charge < -0.3 is 10.0 Å². The molecule has 1 N–H and O–H groups in total. The van der Waals surface area contributed by atoms with Gasteiger partial charge in [-0.25, -0.2) is 9.18 Å². The number of carboxylic acid groups (broad SMARTS) is 1. The zero-order chi connectivity index (χ0) is 14.4. The van der Waals surface area contributed by atoms with Crippen molar-refractivity contribution in [2.24, 2.45) is 0 Å². The second kappa shape index (κ2) is 6.68. The molecular formula is C14H16FNO3. The molecule has 19 heavy (non-hydrogen) atoms. The highest BCUT2D eigenvalue weighted by Gasteiger charge is 2.15. The molecule has 1 amide bonds. The van der Waals surface area contributed by atoms with Gasteiger partial charge >= 0.3 is 5.97 Å². The zero-order valence-corrected chi connectivity index (χ0v) is 10.9. The van der Waals surface area contributed by atoms with E-state index in [-0.39, 0.29) is 11.5 Å². The highest BCUT2D eigenvalue weighted by molar-refractivity contribution is 5.94. The molecule has 4 nitrogen and oxygen atoms in total. The summed E-state index contributed by atoms with van der Waals surface area (Å²) in [7, 11) is 1.61. The molecule has 5 heteroatoms. The Kier molecular flexibility index (Phi) is 5.23. The molecule has 0 aliphatic heterocycles. The molecule has 1 aromatic rings. The number of benzene rings is 1. The lowest BCUT2D eigenvalue weighted by Gasteiger charge is -2.16. The smallest absolute Gasteiger partial charge is 0.328 e. The van der Waals surface area contributed by atoms with Gasteiger partial charge in [0.15, 0.2) is 0 Å². The topological polar surface area (TPSA) is 57.6 Å².